The van der Waals surface area contributed by atoms with Crippen molar-refractivity contribution < 1.29 is 22.7 Å². The number of rotatable bonds is 3. The molecule has 0 N–H and O–H groups in total. The van der Waals surface area contributed by atoms with Crippen molar-refractivity contribution in [2.24, 2.45) is 0 Å². The van der Waals surface area contributed by atoms with Gasteiger partial charge < -0.3 is 4.74 Å². The molecule has 0 saturated carbocycles. The van der Waals surface area contributed by atoms with Gasteiger partial charge in [-0.25, -0.2) is 4.79 Å². The first kappa shape index (κ1) is 13.2. The third-order valence-corrected chi connectivity index (χ3v) is 1.77. The number of esters is 1. The molecule has 0 atom stereocenters. The number of carbonyl (C=O) groups is 1. The van der Waals surface area contributed by atoms with Gasteiger partial charge in [-0.15, -0.1) is 0 Å². The average Bonchev–Trinajstić information content (AvgIpc) is 2.26. The van der Waals surface area contributed by atoms with Gasteiger partial charge in [0.2, 0.25) is 0 Å². The van der Waals surface area contributed by atoms with Gasteiger partial charge in [0.15, 0.2) is 0 Å². The second-order valence-corrected chi connectivity index (χ2v) is 3.06. The molecule has 0 spiro atoms. The van der Waals surface area contributed by atoms with Crippen LogP contribution in [0.2, 0.25) is 0 Å². The van der Waals surface area contributed by atoms with Gasteiger partial charge in [0, 0.05) is 12.3 Å². The molecule has 0 radical (unpaired) electrons. The second-order valence-electron chi connectivity index (χ2n) is 3.06. The Morgan fingerprint density at radius 3 is 2.82 bits per heavy atom. The minimum atomic E-state index is -4.49. The fourth-order valence-electron chi connectivity index (χ4n) is 1.06. The zero-order valence-electron chi connectivity index (χ0n) is 8.99. The molecule has 17 heavy (non-hydrogen) atoms. The van der Waals surface area contributed by atoms with Crippen LogP contribution in [0.15, 0.2) is 24.4 Å². The largest absolute Gasteiger partial charge is 0.463 e. The average molecular weight is 245 g/mol. The monoisotopic (exact) mass is 245 g/mol. The number of hydrogen-bond donors (Lipinski definition) is 0. The molecular weight excluding hydrogens is 235 g/mol. The summed E-state index contributed by atoms with van der Waals surface area (Å²) in [4.78, 5) is 14.2. The van der Waals surface area contributed by atoms with Crippen molar-refractivity contribution in [3.8, 4) is 0 Å². The fourth-order valence-corrected chi connectivity index (χ4v) is 1.06. The third kappa shape index (κ3) is 4.26. The van der Waals surface area contributed by atoms with E-state index in [1.165, 1.54) is 12.1 Å². The topological polar surface area (TPSA) is 39.2 Å². The van der Waals surface area contributed by atoms with Gasteiger partial charge in [0.1, 0.15) is 5.69 Å². The number of carbonyl (C=O) groups excluding carboxylic acids is 1. The normalized spacial score (nSPS) is 11.8. The highest BCUT2D eigenvalue weighted by atomic mass is 19.4. The van der Waals surface area contributed by atoms with E-state index in [1.807, 2.05) is 0 Å². The molecule has 0 aromatic carbocycles. The summed E-state index contributed by atoms with van der Waals surface area (Å²) in [5.74, 6) is -0.599. The maximum atomic E-state index is 12.3. The van der Waals surface area contributed by atoms with E-state index in [4.69, 9.17) is 0 Å². The molecule has 0 unspecified atom stereocenters. The van der Waals surface area contributed by atoms with E-state index in [0.717, 1.165) is 18.3 Å². The van der Waals surface area contributed by atoms with Crippen molar-refractivity contribution >= 4 is 12.0 Å². The zero-order chi connectivity index (χ0) is 12.9. The molecule has 0 aliphatic carbocycles. The molecule has 1 heterocycles. The van der Waals surface area contributed by atoms with Crippen molar-refractivity contribution in [1.29, 1.82) is 0 Å². The Morgan fingerprint density at radius 2 is 2.24 bits per heavy atom. The van der Waals surface area contributed by atoms with E-state index in [-0.39, 0.29) is 12.2 Å². The lowest BCUT2D eigenvalue weighted by atomic mass is 10.2. The van der Waals surface area contributed by atoms with Gasteiger partial charge in [-0.3, -0.25) is 4.98 Å². The number of aromatic nitrogens is 1. The first-order valence-electron chi connectivity index (χ1n) is 4.81. The van der Waals surface area contributed by atoms with Crippen LogP contribution in [0.25, 0.3) is 6.08 Å². The van der Waals surface area contributed by atoms with Crippen LogP contribution in [0.1, 0.15) is 18.2 Å². The SMILES string of the molecule is CCOC(=O)C=Cc1ccnc(C(F)(F)F)c1. The van der Waals surface area contributed by atoms with Crippen LogP contribution in [0.5, 0.6) is 0 Å². The number of nitrogens with zero attached hydrogens (tertiary/aromatic N) is 1. The van der Waals surface area contributed by atoms with Crippen LogP contribution < -0.4 is 0 Å². The summed E-state index contributed by atoms with van der Waals surface area (Å²) < 4.78 is 41.5. The Kier molecular flexibility index (Phi) is 4.25. The van der Waals surface area contributed by atoms with E-state index >= 15 is 0 Å². The highest BCUT2D eigenvalue weighted by Gasteiger charge is 2.32. The fraction of sp³-hybridized carbons (Fsp3) is 0.273. The van der Waals surface area contributed by atoms with Crippen molar-refractivity contribution in [3.63, 3.8) is 0 Å². The van der Waals surface area contributed by atoms with Gasteiger partial charge >= 0.3 is 12.1 Å². The van der Waals surface area contributed by atoms with Crippen molar-refractivity contribution in [1.82, 2.24) is 4.98 Å². The molecule has 0 saturated heterocycles. The highest BCUT2D eigenvalue weighted by Crippen LogP contribution is 2.27. The molecule has 0 bridgehead atoms. The summed E-state index contributed by atoms with van der Waals surface area (Å²) in [7, 11) is 0. The maximum Gasteiger partial charge on any atom is 0.433 e. The van der Waals surface area contributed by atoms with Gasteiger partial charge in [-0.1, -0.05) is 0 Å². The van der Waals surface area contributed by atoms with Gasteiger partial charge in [0.25, 0.3) is 0 Å². The summed E-state index contributed by atoms with van der Waals surface area (Å²) in [5, 5.41) is 0. The smallest absolute Gasteiger partial charge is 0.433 e. The standard InChI is InChI=1S/C11H10F3NO2/c1-2-17-10(16)4-3-8-5-6-15-9(7-8)11(12,13)14/h3-7H,2H2,1H3. The van der Waals surface area contributed by atoms with Crippen LogP contribution in [0.4, 0.5) is 13.2 Å². The number of hydrogen-bond acceptors (Lipinski definition) is 3. The highest BCUT2D eigenvalue weighted by molar-refractivity contribution is 5.86. The molecule has 0 aliphatic heterocycles. The lowest BCUT2D eigenvalue weighted by Crippen LogP contribution is -2.07. The summed E-state index contributed by atoms with van der Waals surface area (Å²) in [6.07, 6.45) is -1.14. The van der Waals surface area contributed by atoms with Gasteiger partial charge in [0.05, 0.1) is 6.61 Å². The molecule has 1 aromatic rings. The third-order valence-electron chi connectivity index (χ3n) is 1.77. The van der Waals surface area contributed by atoms with Crippen LogP contribution in [-0.4, -0.2) is 17.6 Å². The molecule has 0 fully saturated rings. The van der Waals surface area contributed by atoms with Crippen LogP contribution >= 0.6 is 0 Å². The molecule has 0 amide bonds. The molecule has 6 heteroatoms. The van der Waals surface area contributed by atoms with Gasteiger partial charge in [-0.2, -0.15) is 13.2 Å². The zero-order valence-corrected chi connectivity index (χ0v) is 8.99. The van der Waals surface area contributed by atoms with Crippen LogP contribution in [0, 0.1) is 0 Å². The summed E-state index contributed by atoms with van der Waals surface area (Å²) in [6, 6.07) is 2.22. The summed E-state index contributed by atoms with van der Waals surface area (Å²) in [5.41, 5.74) is -0.760. The molecule has 3 nitrogen and oxygen atoms in total. The van der Waals surface area contributed by atoms with E-state index in [1.54, 1.807) is 6.92 Å². The summed E-state index contributed by atoms with van der Waals surface area (Å²) >= 11 is 0. The van der Waals surface area contributed by atoms with Crippen molar-refractivity contribution in [3.05, 3.63) is 35.7 Å². The second kappa shape index (κ2) is 5.47. The van der Waals surface area contributed by atoms with Crippen molar-refractivity contribution in [2.45, 2.75) is 13.1 Å². The lowest BCUT2D eigenvalue weighted by Gasteiger charge is -2.05. The minimum Gasteiger partial charge on any atom is -0.463 e. The predicted octanol–water partition coefficient (Wildman–Crippen LogP) is 2.68. The molecule has 1 rings (SSSR count). The maximum absolute atomic E-state index is 12.3. The first-order valence-corrected chi connectivity index (χ1v) is 4.81. The van der Waals surface area contributed by atoms with Crippen LogP contribution in [0.3, 0.4) is 0 Å². The molecule has 0 aliphatic rings. The molecule has 1 aromatic heterocycles. The van der Waals surface area contributed by atoms with Gasteiger partial charge in [-0.05, 0) is 30.7 Å². The number of ether oxygens (including phenoxy) is 1. The quantitative estimate of drug-likeness (QED) is 0.607. The van der Waals surface area contributed by atoms with E-state index in [9.17, 15) is 18.0 Å². The molecule has 92 valence electrons. The Balaban J connectivity index is 2.83. The van der Waals surface area contributed by atoms with Crippen LogP contribution in [-0.2, 0) is 15.7 Å². The Hall–Kier alpha value is -1.85. The van der Waals surface area contributed by atoms with Crippen molar-refractivity contribution in [2.75, 3.05) is 6.61 Å². The predicted molar refractivity (Wildman–Crippen MR) is 54.9 cm³/mol. The minimum absolute atomic E-state index is 0.216. The Morgan fingerprint density at radius 1 is 1.53 bits per heavy atom. The number of alkyl halides is 3. The summed E-state index contributed by atoms with van der Waals surface area (Å²) in [6.45, 7) is 1.85. The first-order chi connectivity index (χ1) is 7.93. The lowest BCUT2D eigenvalue weighted by molar-refractivity contribution is -0.141. The number of halogens is 3. The van der Waals surface area contributed by atoms with E-state index < -0.39 is 17.8 Å². The van der Waals surface area contributed by atoms with E-state index in [2.05, 4.69) is 9.72 Å². The number of pyridine rings is 1. The Labute approximate surface area is 95.9 Å². The molecular formula is C11H10F3NO2. The Bertz CT molecular complexity index is 427. The van der Waals surface area contributed by atoms with E-state index in [0.29, 0.717) is 0 Å².